The van der Waals surface area contributed by atoms with E-state index >= 15 is 0 Å². The molecule has 0 fully saturated rings. The van der Waals surface area contributed by atoms with E-state index in [4.69, 9.17) is 5.26 Å². The Kier molecular flexibility index (Phi) is 16.4. The summed E-state index contributed by atoms with van der Waals surface area (Å²) in [6.45, 7) is 30.8. The Balaban J connectivity index is 6.33. The summed E-state index contributed by atoms with van der Waals surface area (Å²) in [5, 5.41) is 20.4. The molecule has 0 aliphatic heterocycles. The minimum absolute atomic E-state index is 0.110. The van der Waals surface area contributed by atoms with Gasteiger partial charge in [0, 0.05) is 6.42 Å². The standard InChI is InChI=1S/C37H61NO/c1-14-28(4)25-32(26-36(8,9)10)30(6)21-23-33(27(2)3)34(35(39)31(7)37(11,12)13)22-20-29(5)19-17-15-16-18-24-38/h14,21-22,25,27,33,39H,5,15-20,23,26H2,1-4,6-13H3/b28-14-,30-21+,32-25-,34-22?,35-31-. The molecule has 1 N–H and O–H groups in total. The summed E-state index contributed by atoms with van der Waals surface area (Å²) >= 11 is 0. The minimum Gasteiger partial charge on any atom is -0.508 e. The number of rotatable bonds is 15. The Morgan fingerprint density at radius 1 is 0.974 bits per heavy atom. The van der Waals surface area contributed by atoms with Gasteiger partial charge in [-0.15, -0.1) is 0 Å². The lowest BCUT2D eigenvalue weighted by Crippen LogP contribution is -2.17. The zero-order chi connectivity index (χ0) is 30.4. The number of allylic oxidation sites excluding steroid dienone is 10. The van der Waals surface area contributed by atoms with Crippen molar-refractivity contribution in [2.75, 3.05) is 0 Å². The largest absolute Gasteiger partial charge is 0.508 e. The van der Waals surface area contributed by atoms with Crippen LogP contribution in [0.4, 0.5) is 0 Å². The van der Waals surface area contributed by atoms with Crippen LogP contribution in [0.25, 0.3) is 0 Å². The van der Waals surface area contributed by atoms with Crippen LogP contribution < -0.4 is 0 Å². The first-order valence-corrected chi connectivity index (χ1v) is 15.1. The number of nitriles is 1. The molecule has 2 nitrogen and oxygen atoms in total. The molecule has 39 heavy (non-hydrogen) atoms. The van der Waals surface area contributed by atoms with Crippen LogP contribution >= 0.6 is 0 Å². The van der Waals surface area contributed by atoms with Crippen LogP contribution in [0.2, 0.25) is 0 Å². The quantitative estimate of drug-likeness (QED) is 0.0980. The Bertz CT molecular complexity index is 974. The summed E-state index contributed by atoms with van der Waals surface area (Å²) in [6, 6.07) is 2.23. The third-order valence-corrected chi connectivity index (χ3v) is 7.65. The van der Waals surface area contributed by atoms with Gasteiger partial charge < -0.3 is 5.11 Å². The van der Waals surface area contributed by atoms with Gasteiger partial charge in [0.2, 0.25) is 0 Å². The van der Waals surface area contributed by atoms with Gasteiger partial charge in [0.15, 0.2) is 0 Å². The smallest absolute Gasteiger partial charge is 0.118 e. The van der Waals surface area contributed by atoms with Crippen molar-refractivity contribution in [1.82, 2.24) is 0 Å². The molecule has 0 aliphatic rings. The number of aliphatic hydroxyl groups is 1. The molecular formula is C37H61NO. The summed E-state index contributed by atoms with van der Waals surface area (Å²) in [6.07, 6.45) is 16.5. The number of aliphatic hydroxyl groups excluding tert-OH is 1. The van der Waals surface area contributed by atoms with E-state index in [1.807, 2.05) is 0 Å². The summed E-state index contributed by atoms with van der Waals surface area (Å²) < 4.78 is 0. The van der Waals surface area contributed by atoms with E-state index in [1.165, 1.54) is 22.3 Å². The first-order chi connectivity index (χ1) is 17.9. The van der Waals surface area contributed by atoms with Gasteiger partial charge in [-0.25, -0.2) is 0 Å². The average Bonchev–Trinajstić information content (AvgIpc) is 2.82. The molecular weight excluding hydrogens is 474 g/mol. The molecule has 0 aromatic carbocycles. The number of hydrogen-bond acceptors (Lipinski definition) is 2. The number of unbranched alkanes of at least 4 members (excludes halogenated alkanes) is 3. The molecule has 1 unspecified atom stereocenters. The van der Waals surface area contributed by atoms with E-state index in [1.54, 1.807) is 0 Å². The van der Waals surface area contributed by atoms with E-state index in [0.717, 1.165) is 56.1 Å². The Hall–Kier alpha value is -2.27. The highest BCUT2D eigenvalue weighted by molar-refractivity contribution is 5.38. The van der Waals surface area contributed by atoms with E-state index in [2.05, 4.69) is 120 Å². The van der Waals surface area contributed by atoms with Crippen molar-refractivity contribution >= 4 is 0 Å². The molecule has 0 saturated carbocycles. The molecule has 0 aliphatic carbocycles. The lowest BCUT2D eigenvalue weighted by molar-refractivity contribution is 0.348. The van der Waals surface area contributed by atoms with Gasteiger partial charge in [0.25, 0.3) is 0 Å². The Labute approximate surface area is 243 Å². The van der Waals surface area contributed by atoms with Gasteiger partial charge >= 0.3 is 0 Å². The highest BCUT2D eigenvalue weighted by Crippen LogP contribution is 2.37. The molecule has 1 atom stereocenters. The Morgan fingerprint density at radius 2 is 1.59 bits per heavy atom. The zero-order valence-electron chi connectivity index (χ0n) is 27.7. The maximum atomic E-state index is 11.6. The molecule has 0 rings (SSSR count). The van der Waals surface area contributed by atoms with Crippen molar-refractivity contribution in [3.8, 4) is 6.07 Å². The SMILES string of the molecule is C=C(CC=C(/C(O)=C(\C)C(C)(C)C)C(C/C=C(C)/C(=C\C(C)=C/C)CC(C)(C)C)C(C)C)CCCCCC#N. The fraction of sp³-hybridized carbons (Fsp3) is 0.649. The second-order valence-corrected chi connectivity index (χ2v) is 14.0. The highest BCUT2D eigenvalue weighted by atomic mass is 16.3. The summed E-state index contributed by atoms with van der Waals surface area (Å²) in [5.74, 6) is 1.03. The molecule has 0 amide bonds. The van der Waals surface area contributed by atoms with Crippen LogP contribution in [0.1, 0.15) is 134 Å². The fourth-order valence-corrected chi connectivity index (χ4v) is 4.53. The number of hydrogen-bond donors (Lipinski definition) is 1. The highest BCUT2D eigenvalue weighted by Gasteiger charge is 2.26. The van der Waals surface area contributed by atoms with Crippen molar-refractivity contribution in [2.24, 2.45) is 22.7 Å². The van der Waals surface area contributed by atoms with Crippen LogP contribution in [0.15, 0.2) is 70.1 Å². The van der Waals surface area contributed by atoms with E-state index in [0.29, 0.717) is 18.1 Å². The van der Waals surface area contributed by atoms with Crippen LogP contribution in [0, 0.1) is 34.0 Å². The summed E-state index contributed by atoms with van der Waals surface area (Å²) in [5.41, 5.74) is 7.37. The van der Waals surface area contributed by atoms with Gasteiger partial charge in [-0.2, -0.15) is 5.26 Å². The maximum Gasteiger partial charge on any atom is 0.118 e. The molecule has 220 valence electrons. The lowest BCUT2D eigenvalue weighted by atomic mass is 9.78. The third kappa shape index (κ3) is 15.2. The van der Waals surface area contributed by atoms with Crippen molar-refractivity contribution < 1.29 is 5.11 Å². The van der Waals surface area contributed by atoms with Crippen molar-refractivity contribution in [1.29, 1.82) is 5.26 Å². The molecule has 0 aromatic rings. The average molecular weight is 536 g/mol. The van der Waals surface area contributed by atoms with E-state index in [-0.39, 0.29) is 16.7 Å². The predicted octanol–water partition coefficient (Wildman–Crippen LogP) is 12.1. The van der Waals surface area contributed by atoms with Crippen molar-refractivity contribution in [2.45, 2.75) is 134 Å². The molecule has 0 saturated heterocycles. The normalized spacial score (nSPS) is 15.8. The molecule has 0 bridgehead atoms. The molecule has 0 aromatic heterocycles. The topological polar surface area (TPSA) is 44.0 Å². The summed E-state index contributed by atoms with van der Waals surface area (Å²) in [7, 11) is 0. The maximum absolute atomic E-state index is 11.6. The van der Waals surface area contributed by atoms with Crippen LogP contribution in [0.3, 0.4) is 0 Å². The minimum atomic E-state index is -0.110. The first kappa shape index (κ1) is 36.7. The molecule has 0 heterocycles. The summed E-state index contributed by atoms with van der Waals surface area (Å²) in [4.78, 5) is 0. The van der Waals surface area contributed by atoms with E-state index < -0.39 is 0 Å². The first-order valence-electron chi connectivity index (χ1n) is 15.1. The van der Waals surface area contributed by atoms with Crippen molar-refractivity contribution in [3.05, 3.63) is 70.1 Å². The third-order valence-electron chi connectivity index (χ3n) is 7.65. The predicted molar refractivity (Wildman–Crippen MR) is 174 cm³/mol. The van der Waals surface area contributed by atoms with Gasteiger partial charge in [-0.1, -0.05) is 109 Å². The van der Waals surface area contributed by atoms with Gasteiger partial charge in [-0.05, 0) is 106 Å². The molecule has 2 heteroatoms. The molecule has 0 radical (unpaired) electrons. The van der Waals surface area contributed by atoms with Gasteiger partial charge in [0.05, 0.1) is 6.07 Å². The fourth-order valence-electron chi connectivity index (χ4n) is 4.53. The second kappa shape index (κ2) is 17.4. The number of nitrogens with zero attached hydrogens (tertiary/aromatic N) is 1. The van der Waals surface area contributed by atoms with Crippen LogP contribution in [-0.4, -0.2) is 5.11 Å². The van der Waals surface area contributed by atoms with E-state index in [9.17, 15) is 5.11 Å². The second-order valence-electron chi connectivity index (χ2n) is 14.0. The zero-order valence-corrected chi connectivity index (χ0v) is 27.7. The van der Waals surface area contributed by atoms with Crippen LogP contribution in [0.5, 0.6) is 0 Å². The van der Waals surface area contributed by atoms with Crippen LogP contribution in [-0.2, 0) is 0 Å². The monoisotopic (exact) mass is 535 g/mol. The lowest BCUT2D eigenvalue weighted by Gasteiger charge is -2.28. The molecule has 0 spiro atoms. The van der Waals surface area contributed by atoms with Gasteiger partial charge in [0.1, 0.15) is 5.76 Å². The Morgan fingerprint density at radius 3 is 2.08 bits per heavy atom. The van der Waals surface area contributed by atoms with Crippen molar-refractivity contribution in [3.63, 3.8) is 0 Å². The van der Waals surface area contributed by atoms with Gasteiger partial charge in [-0.3, -0.25) is 0 Å².